The molecule has 1 saturated heterocycles. The average molecular weight is 480 g/mol. The number of ether oxygens (including phenoxy) is 1. The van der Waals surface area contributed by atoms with Crippen LogP contribution in [0.25, 0.3) is 11.0 Å². The number of hydrogen-bond acceptors (Lipinski definition) is 7. The monoisotopic (exact) mass is 479 g/mol. The summed E-state index contributed by atoms with van der Waals surface area (Å²) in [5.74, 6) is 0.374. The molecule has 170 valence electrons. The van der Waals surface area contributed by atoms with Crippen LogP contribution in [0.1, 0.15) is 5.56 Å². The minimum atomic E-state index is -4.56. The van der Waals surface area contributed by atoms with E-state index in [-0.39, 0.29) is 23.5 Å². The second-order valence-electron chi connectivity index (χ2n) is 7.45. The van der Waals surface area contributed by atoms with Gasteiger partial charge in [0.15, 0.2) is 5.65 Å². The number of carbonyl (C=O) groups excluding carboxylic acids is 1. The number of carbonyl (C=O) groups is 1. The van der Waals surface area contributed by atoms with Gasteiger partial charge in [-0.05, 0) is 30.7 Å². The second kappa shape index (κ2) is 8.57. The Morgan fingerprint density at radius 2 is 1.94 bits per heavy atom. The predicted octanol–water partition coefficient (Wildman–Crippen LogP) is 2.00. The van der Waals surface area contributed by atoms with Gasteiger partial charge in [-0.3, -0.25) is 9.35 Å². The Bertz CT molecular complexity index is 1290. The predicted molar refractivity (Wildman–Crippen MR) is 119 cm³/mol. The largest absolute Gasteiger partial charge is 0.495 e. The summed E-state index contributed by atoms with van der Waals surface area (Å²) in [5.41, 5.74) is 1.78. The van der Waals surface area contributed by atoms with Gasteiger partial charge in [0.1, 0.15) is 12.3 Å². The van der Waals surface area contributed by atoms with Crippen molar-refractivity contribution in [2.75, 3.05) is 38.2 Å². The molecule has 32 heavy (non-hydrogen) atoms. The van der Waals surface area contributed by atoms with Gasteiger partial charge in [0.25, 0.3) is 0 Å². The third-order valence-corrected chi connectivity index (χ3v) is 6.56. The van der Waals surface area contributed by atoms with Gasteiger partial charge < -0.3 is 14.5 Å². The van der Waals surface area contributed by atoms with Crippen molar-refractivity contribution in [3.05, 3.63) is 41.0 Å². The fourth-order valence-electron chi connectivity index (χ4n) is 3.79. The van der Waals surface area contributed by atoms with Crippen LogP contribution in [-0.4, -0.2) is 71.8 Å². The average Bonchev–Trinajstić information content (AvgIpc) is 3.14. The van der Waals surface area contributed by atoms with Crippen LogP contribution >= 0.6 is 11.6 Å². The van der Waals surface area contributed by atoms with Gasteiger partial charge in [-0.15, -0.1) is 0 Å². The molecule has 0 radical (unpaired) electrons. The highest BCUT2D eigenvalue weighted by molar-refractivity contribution is 7.86. The molecule has 1 aromatic carbocycles. The lowest BCUT2D eigenvalue weighted by Crippen LogP contribution is -2.49. The van der Waals surface area contributed by atoms with Crippen molar-refractivity contribution in [2.24, 2.45) is 0 Å². The molecule has 3 heterocycles. The number of nitrogens with zero attached hydrogens (tertiary/aromatic N) is 5. The maximum Gasteiger partial charge on any atom is 0.314 e. The van der Waals surface area contributed by atoms with E-state index in [2.05, 4.69) is 15.0 Å². The lowest BCUT2D eigenvalue weighted by atomic mass is 10.2. The lowest BCUT2D eigenvalue weighted by molar-refractivity contribution is -0.132. The van der Waals surface area contributed by atoms with Crippen LogP contribution in [0, 0.1) is 6.92 Å². The van der Waals surface area contributed by atoms with Crippen molar-refractivity contribution < 1.29 is 22.5 Å². The molecule has 1 aliphatic rings. The lowest BCUT2D eigenvalue weighted by Gasteiger charge is -2.36. The molecule has 10 nitrogen and oxygen atoms in total. The van der Waals surface area contributed by atoms with E-state index in [0.717, 1.165) is 5.69 Å². The van der Waals surface area contributed by atoms with E-state index in [1.54, 1.807) is 31.1 Å². The first kappa shape index (κ1) is 22.3. The molecule has 0 bridgehead atoms. The molecular weight excluding hydrogens is 458 g/mol. The number of piperazine rings is 1. The molecule has 0 unspecified atom stereocenters. The highest BCUT2D eigenvalue weighted by Gasteiger charge is 2.27. The van der Waals surface area contributed by atoms with Crippen molar-refractivity contribution in [1.82, 2.24) is 19.7 Å². The number of anilines is 1. The van der Waals surface area contributed by atoms with Crippen LogP contribution in [0.2, 0.25) is 5.02 Å². The van der Waals surface area contributed by atoms with Gasteiger partial charge in [-0.2, -0.15) is 13.5 Å². The van der Waals surface area contributed by atoms with E-state index in [0.29, 0.717) is 42.5 Å². The summed E-state index contributed by atoms with van der Waals surface area (Å²) in [5, 5.41) is 4.23. The van der Waals surface area contributed by atoms with Crippen LogP contribution in [0.4, 0.5) is 5.69 Å². The number of pyridine rings is 1. The van der Waals surface area contributed by atoms with Crippen LogP contribution in [0.3, 0.4) is 0 Å². The molecule has 0 aliphatic carbocycles. The van der Waals surface area contributed by atoms with Crippen molar-refractivity contribution in [2.45, 2.75) is 18.5 Å². The Balaban J connectivity index is 1.49. The standard InChI is InChI=1S/C20H22ClN5O5S/c1-13-5-6-22-19-18(13)20(32(28,29)30)23-26(19)12-17(27)25-9-7-24(8-10-25)14-3-4-15(21)16(11-14)31-2/h3-6,11H,7-10,12H2,1-2H3,(H,28,29,30). The first-order valence-electron chi connectivity index (χ1n) is 9.85. The van der Waals surface area contributed by atoms with Gasteiger partial charge in [0.05, 0.1) is 17.5 Å². The number of aryl methyl sites for hydroxylation is 1. The molecule has 12 heteroatoms. The van der Waals surface area contributed by atoms with E-state index < -0.39 is 15.1 Å². The Hall–Kier alpha value is -2.89. The number of benzene rings is 1. The summed E-state index contributed by atoms with van der Waals surface area (Å²) >= 11 is 6.10. The number of hydrogen-bond donors (Lipinski definition) is 1. The topological polar surface area (TPSA) is 118 Å². The number of fused-ring (bicyclic) bond motifs is 1. The summed E-state index contributed by atoms with van der Waals surface area (Å²) in [6, 6.07) is 7.16. The minimum absolute atomic E-state index is 0.183. The van der Waals surface area contributed by atoms with E-state index >= 15 is 0 Å². The number of rotatable bonds is 5. The van der Waals surface area contributed by atoms with Crippen LogP contribution < -0.4 is 9.64 Å². The van der Waals surface area contributed by atoms with Crippen LogP contribution in [0.15, 0.2) is 35.5 Å². The Morgan fingerprint density at radius 1 is 1.22 bits per heavy atom. The molecule has 0 atom stereocenters. The molecule has 3 aromatic rings. The van der Waals surface area contributed by atoms with E-state index in [9.17, 15) is 17.8 Å². The molecule has 1 aliphatic heterocycles. The van der Waals surface area contributed by atoms with E-state index in [4.69, 9.17) is 16.3 Å². The van der Waals surface area contributed by atoms with Crippen molar-refractivity contribution in [3.8, 4) is 5.75 Å². The van der Waals surface area contributed by atoms with Gasteiger partial charge in [-0.1, -0.05) is 11.6 Å². The Labute approximate surface area is 190 Å². The third kappa shape index (κ3) is 4.23. The van der Waals surface area contributed by atoms with Gasteiger partial charge in [-0.25, -0.2) is 9.67 Å². The number of methoxy groups -OCH3 is 1. The summed E-state index contributed by atoms with van der Waals surface area (Å²) in [6.07, 6.45) is 1.51. The second-order valence-corrected chi connectivity index (χ2v) is 9.20. The first-order valence-corrected chi connectivity index (χ1v) is 11.7. The maximum atomic E-state index is 12.9. The molecule has 0 spiro atoms. The molecular formula is C20H22ClN5O5S. The highest BCUT2D eigenvalue weighted by atomic mass is 35.5. The van der Waals surface area contributed by atoms with E-state index in [1.165, 1.54) is 10.9 Å². The van der Waals surface area contributed by atoms with Crippen molar-refractivity contribution in [3.63, 3.8) is 0 Å². The molecule has 2 aromatic heterocycles. The van der Waals surface area contributed by atoms with Crippen molar-refractivity contribution in [1.29, 1.82) is 0 Å². The SMILES string of the molecule is COc1cc(N2CCN(C(=O)Cn3nc(S(=O)(=O)O)c4c(C)ccnc43)CC2)ccc1Cl. The smallest absolute Gasteiger partial charge is 0.314 e. The normalized spacial score (nSPS) is 14.8. The van der Waals surface area contributed by atoms with Gasteiger partial charge in [0, 0.05) is 44.1 Å². The molecule has 1 amide bonds. The number of aromatic nitrogens is 3. The zero-order chi connectivity index (χ0) is 23.0. The van der Waals surface area contributed by atoms with Crippen LogP contribution in [0.5, 0.6) is 5.75 Å². The Morgan fingerprint density at radius 3 is 2.59 bits per heavy atom. The maximum absolute atomic E-state index is 12.9. The summed E-state index contributed by atoms with van der Waals surface area (Å²) in [7, 11) is -3.00. The van der Waals surface area contributed by atoms with E-state index in [1.807, 2.05) is 12.1 Å². The third-order valence-electron chi connectivity index (χ3n) is 5.47. The summed E-state index contributed by atoms with van der Waals surface area (Å²) in [4.78, 5) is 20.9. The molecule has 1 N–H and O–H groups in total. The van der Waals surface area contributed by atoms with Crippen molar-refractivity contribution >= 4 is 44.3 Å². The minimum Gasteiger partial charge on any atom is -0.495 e. The zero-order valence-electron chi connectivity index (χ0n) is 17.5. The highest BCUT2D eigenvalue weighted by Crippen LogP contribution is 2.30. The first-order chi connectivity index (χ1) is 15.2. The molecule has 0 saturated carbocycles. The summed E-state index contributed by atoms with van der Waals surface area (Å²) < 4.78 is 39.6. The fraction of sp³-hybridized carbons (Fsp3) is 0.350. The van der Waals surface area contributed by atoms with Crippen LogP contribution in [-0.2, 0) is 21.5 Å². The quantitative estimate of drug-likeness (QED) is 0.552. The summed E-state index contributed by atoms with van der Waals surface area (Å²) in [6.45, 7) is 3.71. The zero-order valence-corrected chi connectivity index (χ0v) is 19.1. The van der Waals surface area contributed by atoms with Gasteiger partial charge >= 0.3 is 10.1 Å². The van der Waals surface area contributed by atoms with Gasteiger partial charge in [0.2, 0.25) is 10.9 Å². The Kier molecular flexibility index (Phi) is 5.97. The molecule has 4 rings (SSSR count). The number of amides is 1. The molecule has 1 fully saturated rings. The fourth-order valence-corrected chi connectivity index (χ4v) is 4.70. The number of halogens is 1.